The zero-order valence-electron chi connectivity index (χ0n) is 16.6. The Balaban J connectivity index is 1.78. The number of thiophene rings is 1. The van der Waals surface area contributed by atoms with Crippen LogP contribution in [0, 0.1) is 20.8 Å². The quantitative estimate of drug-likeness (QED) is 0.451. The minimum atomic E-state index is -0.540. The number of hydrogen-bond acceptors (Lipinski definition) is 6. The Morgan fingerprint density at radius 3 is 2.48 bits per heavy atom. The van der Waals surface area contributed by atoms with Crippen molar-refractivity contribution in [1.82, 2.24) is 9.97 Å². The normalized spacial score (nSPS) is 11.9. The molecule has 0 fully saturated rings. The largest absolute Gasteiger partial charge is 0.365 e. The van der Waals surface area contributed by atoms with Crippen LogP contribution in [-0.2, 0) is 4.79 Å². The highest BCUT2D eigenvalue weighted by Gasteiger charge is 2.22. The number of aryl methyl sites for hydroxylation is 2. The van der Waals surface area contributed by atoms with E-state index in [0.29, 0.717) is 21.4 Å². The predicted octanol–water partition coefficient (Wildman–Crippen LogP) is 4.35. The lowest BCUT2D eigenvalue weighted by atomic mass is 10.1. The number of benzene rings is 1. The summed E-state index contributed by atoms with van der Waals surface area (Å²) in [5.74, 6) is -0.111. The molecule has 0 saturated heterocycles. The lowest BCUT2D eigenvalue weighted by Gasteiger charge is -2.12. The summed E-state index contributed by atoms with van der Waals surface area (Å²) in [6, 6.07) is 11.7. The van der Waals surface area contributed by atoms with Crippen molar-refractivity contribution < 1.29 is 9.59 Å². The van der Waals surface area contributed by atoms with Crippen molar-refractivity contribution in [2.45, 2.75) is 38.0 Å². The van der Waals surface area contributed by atoms with Crippen molar-refractivity contribution in [1.29, 1.82) is 0 Å². The molecule has 2 heterocycles. The second-order valence-corrected chi connectivity index (χ2v) is 9.19. The molecule has 0 aliphatic rings. The molecule has 2 aromatic heterocycles. The van der Waals surface area contributed by atoms with Gasteiger partial charge in [-0.25, -0.2) is 9.97 Å². The summed E-state index contributed by atoms with van der Waals surface area (Å²) in [4.78, 5) is 34.4. The number of thioether (sulfide) groups is 1. The molecular formula is C21H22N4O2S2. The molecule has 3 aromatic rings. The second kappa shape index (κ2) is 8.75. The van der Waals surface area contributed by atoms with Gasteiger partial charge < -0.3 is 11.1 Å². The molecular weight excluding hydrogens is 404 g/mol. The van der Waals surface area contributed by atoms with E-state index in [1.54, 1.807) is 6.92 Å². The van der Waals surface area contributed by atoms with Crippen LogP contribution >= 0.6 is 23.1 Å². The van der Waals surface area contributed by atoms with Crippen LogP contribution in [0.25, 0.3) is 11.3 Å². The molecule has 1 unspecified atom stereocenters. The summed E-state index contributed by atoms with van der Waals surface area (Å²) in [7, 11) is 0. The van der Waals surface area contributed by atoms with Crippen molar-refractivity contribution in [3.05, 3.63) is 58.2 Å². The van der Waals surface area contributed by atoms with E-state index in [4.69, 9.17) is 5.73 Å². The minimum absolute atomic E-state index is 0.212. The number of carbonyl (C=O) groups is 2. The Morgan fingerprint density at radius 1 is 1.14 bits per heavy atom. The average molecular weight is 427 g/mol. The van der Waals surface area contributed by atoms with Crippen LogP contribution in [0.1, 0.15) is 33.5 Å². The van der Waals surface area contributed by atoms with Crippen molar-refractivity contribution >= 4 is 39.9 Å². The standard InChI is InChI=1S/C21H22N4O2S2/c1-11-12(2)29-21(18(11)19(22)26)25-20(27)13(3)28-17-10-16(23-14(4)24-17)15-8-6-5-7-9-15/h5-10,13H,1-4H3,(H2,22,26)(H,25,27). The van der Waals surface area contributed by atoms with E-state index in [1.807, 2.05) is 57.2 Å². The summed E-state index contributed by atoms with van der Waals surface area (Å²) in [5.41, 5.74) is 8.47. The number of rotatable bonds is 6. The van der Waals surface area contributed by atoms with Crippen LogP contribution in [-0.4, -0.2) is 27.0 Å². The second-order valence-electron chi connectivity index (χ2n) is 6.61. The molecule has 1 aromatic carbocycles. The number of hydrogen-bond donors (Lipinski definition) is 2. The first-order valence-electron chi connectivity index (χ1n) is 9.04. The van der Waals surface area contributed by atoms with Crippen molar-refractivity contribution in [3.8, 4) is 11.3 Å². The van der Waals surface area contributed by atoms with Gasteiger partial charge in [0.05, 0.1) is 16.5 Å². The zero-order valence-corrected chi connectivity index (χ0v) is 18.3. The van der Waals surface area contributed by atoms with E-state index >= 15 is 0 Å². The van der Waals surface area contributed by atoms with Crippen LogP contribution in [0.5, 0.6) is 0 Å². The fraction of sp³-hybridized carbons (Fsp3) is 0.238. The Bertz CT molecular complexity index is 1060. The fourth-order valence-corrected chi connectivity index (χ4v) is 4.78. The number of nitrogens with two attached hydrogens (primary N) is 1. The number of nitrogens with zero attached hydrogens (tertiary/aromatic N) is 2. The fourth-order valence-electron chi connectivity index (χ4n) is 2.82. The highest BCUT2D eigenvalue weighted by Crippen LogP contribution is 2.33. The van der Waals surface area contributed by atoms with Crippen molar-refractivity contribution in [2.24, 2.45) is 5.73 Å². The van der Waals surface area contributed by atoms with Crippen LogP contribution in [0.3, 0.4) is 0 Å². The smallest absolute Gasteiger partial charge is 0.251 e. The van der Waals surface area contributed by atoms with E-state index in [2.05, 4.69) is 15.3 Å². The van der Waals surface area contributed by atoms with Gasteiger partial charge in [0.1, 0.15) is 15.9 Å². The number of aromatic nitrogens is 2. The molecule has 2 amide bonds. The summed E-state index contributed by atoms with van der Waals surface area (Å²) < 4.78 is 0. The molecule has 0 bridgehead atoms. The number of carbonyl (C=O) groups excluding carboxylic acids is 2. The van der Waals surface area contributed by atoms with Gasteiger partial charge in [-0.05, 0) is 39.3 Å². The molecule has 0 aliphatic carbocycles. The van der Waals surface area contributed by atoms with E-state index in [-0.39, 0.29) is 5.91 Å². The van der Waals surface area contributed by atoms with Crippen LogP contribution in [0.15, 0.2) is 41.4 Å². The average Bonchev–Trinajstić information content (AvgIpc) is 2.95. The maximum Gasteiger partial charge on any atom is 0.251 e. The highest BCUT2D eigenvalue weighted by molar-refractivity contribution is 8.00. The first-order valence-corrected chi connectivity index (χ1v) is 10.7. The zero-order chi connectivity index (χ0) is 21.1. The lowest BCUT2D eigenvalue weighted by Crippen LogP contribution is -2.24. The Morgan fingerprint density at radius 2 is 1.83 bits per heavy atom. The van der Waals surface area contributed by atoms with Gasteiger partial charge in [0, 0.05) is 10.4 Å². The van der Waals surface area contributed by atoms with Crippen LogP contribution < -0.4 is 11.1 Å². The molecule has 1 atom stereocenters. The highest BCUT2D eigenvalue weighted by atomic mass is 32.2. The molecule has 0 aliphatic heterocycles. The van der Waals surface area contributed by atoms with Gasteiger partial charge in [-0.15, -0.1) is 11.3 Å². The predicted molar refractivity (Wildman–Crippen MR) is 118 cm³/mol. The Hall–Kier alpha value is -2.71. The van der Waals surface area contributed by atoms with Crippen LogP contribution in [0.4, 0.5) is 5.00 Å². The summed E-state index contributed by atoms with van der Waals surface area (Å²) in [6.45, 7) is 7.36. The number of anilines is 1. The molecule has 8 heteroatoms. The molecule has 6 nitrogen and oxygen atoms in total. The third-order valence-electron chi connectivity index (χ3n) is 4.42. The van der Waals surface area contributed by atoms with E-state index in [0.717, 1.165) is 21.7 Å². The first kappa shape index (κ1) is 21.0. The Kier molecular flexibility index (Phi) is 6.34. The first-order chi connectivity index (χ1) is 13.8. The van der Waals surface area contributed by atoms with Gasteiger partial charge in [-0.3, -0.25) is 9.59 Å². The lowest BCUT2D eigenvalue weighted by molar-refractivity contribution is -0.115. The van der Waals surface area contributed by atoms with Gasteiger partial charge in [-0.1, -0.05) is 42.1 Å². The monoisotopic (exact) mass is 426 g/mol. The summed E-state index contributed by atoms with van der Waals surface area (Å²) >= 11 is 2.70. The molecule has 0 saturated carbocycles. The van der Waals surface area contributed by atoms with Gasteiger partial charge in [0.2, 0.25) is 5.91 Å². The third kappa shape index (κ3) is 4.83. The minimum Gasteiger partial charge on any atom is -0.365 e. The van der Waals surface area contributed by atoms with E-state index in [9.17, 15) is 9.59 Å². The maximum absolute atomic E-state index is 12.7. The van der Waals surface area contributed by atoms with Crippen LogP contribution in [0.2, 0.25) is 0 Å². The molecule has 3 N–H and O–H groups in total. The third-order valence-corrected chi connectivity index (χ3v) is 6.56. The van der Waals surface area contributed by atoms with Gasteiger partial charge in [-0.2, -0.15) is 0 Å². The SMILES string of the molecule is Cc1nc(SC(C)C(=O)Nc2sc(C)c(C)c2C(N)=O)cc(-c2ccccc2)n1. The molecule has 0 spiro atoms. The summed E-state index contributed by atoms with van der Waals surface area (Å²) in [5, 5.41) is 3.64. The maximum atomic E-state index is 12.7. The molecule has 150 valence electrons. The molecule has 0 radical (unpaired) electrons. The van der Waals surface area contributed by atoms with E-state index < -0.39 is 11.2 Å². The van der Waals surface area contributed by atoms with Crippen molar-refractivity contribution in [2.75, 3.05) is 5.32 Å². The number of primary amides is 1. The number of amides is 2. The van der Waals surface area contributed by atoms with Gasteiger partial charge >= 0.3 is 0 Å². The van der Waals surface area contributed by atoms with E-state index in [1.165, 1.54) is 23.1 Å². The molecule has 3 rings (SSSR count). The Labute approximate surface area is 178 Å². The number of nitrogens with one attached hydrogen (secondary N) is 1. The van der Waals surface area contributed by atoms with Gasteiger partial charge in [0.15, 0.2) is 0 Å². The van der Waals surface area contributed by atoms with Crippen molar-refractivity contribution in [3.63, 3.8) is 0 Å². The molecule has 29 heavy (non-hydrogen) atoms. The summed E-state index contributed by atoms with van der Waals surface area (Å²) in [6.07, 6.45) is 0. The van der Waals surface area contributed by atoms with Gasteiger partial charge in [0.25, 0.3) is 5.91 Å². The topological polar surface area (TPSA) is 98.0 Å².